The largest absolute Gasteiger partial charge is 0.329 e. The molecular weight excluding hydrogens is 222 g/mol. The van der Waals surface area contributed by atoms with Crippen LogP contribution in [0.1, 0.15) is 46.0 Å². The van der Waals surface area contributed by atoms with Gasteiger partial charge in [0.2, 0.25) is 0 Å². The van der Waals surface area contributed by atoms with Gasteiger partial charge in [0.05, 0.1) is 0 Å². The standard InChI is InChI=1S/C15H31N3/c1-15(2)11-17(3)10-14(9-16)18(12-15)13-7-5-4-6-8-13/h13-14H,4-12,16H2,1-3H3. The fraction of sp³-hybridized carbons (Fsp3) is 1.00. The first-order valence-corrected chi connectivity index (χ1v) is 7.66. The van der Waals surface area contributed by atoms with Gasteiger partial charge in [-0.05, 0) is 25.3 Å². The van der Waals surface area contributed by atoms with E-state index in [0.29, 0.717) is 11.5 Å². The molecule has 1 aliphatic heterocycles. The molecule has 3 heteroatoms. The van der Waals surface area contributed by atoms with E-state index in [1.54, 1.807) is 0 Å². The maximum Gasteiger partial charge on any atom is 0.0348 e. The van der Waals surface area contributed by atoms with Crippen LogP contribution in [0.15, 0.2) is 0 Å². The normalized spacial score (nSPS) is 32.3. The van der Waals surface area contributed by atoms with Crippen molar-refractivity contribution in [2.75, 3.05) is 33.2 Å². The molecule has 2 fully saturated rings. The van der Waals surface area contributed by atoms with E-state index in [1.807, 2.05) is 0 Å². The van der Waals surface area contributed by atoms with Gasteiger partial charge in [-0.2, -0.15) is 0 Å². The molecule has 106 valence electrons. The smallest absolute Gasteiger partial charge is 0.0348 e. The molecule has 2 aliphatic rings. The summed E-state index contributed by atoms with van der Waals surface area (Å²) < 4.78 is 0. The van der Waals surface area contributed by atoms with Gasteiger partial charge in [-0.3, -0.25) is 4.90 Å². The third-order valence-electron chi connectivity index (χ3n) is 4.62. The fourth-order valence-electron chi connectivity index (χ4n) is 3.98. The van der Waals surface area contributed by atoms with Gasteiger partial charge < -0.3 is 10.6 Å². The van der Waals surface area contributed by atoms with Crippen molar-refractivity contribution in [2.45, 2.75) is 58.0 Å². The lowest BCUT2D eigenvalue weighted by Gasteiger charge is -2.41. The van der Waals surface area contributed by atoms with Crippen LogP contribution >= 0.6 is 0 Å². The second-order valence-corrected chi connectivity index (χ2v) is 7.21. The Balaban J connectivity index is 2.11. The van der Waals surface area contributed by atoms with Crippen molar-refractivity contribution >= 4 is 0 Å². The van der Waals surface area contributed by atoms with Crippen molar-refractivity contribution < 1.29 is 0 Å². The third-order valence-corrected chi connectivity index (χ3v) is 4.62. The molecule has 0 aromatic rings. The van der Waals surface area contributed by atoms with Crippen molar-refractivity contribution in [2.24, 2.45) is 11.1 Å². The van der Waals surface area contributed by atoms with Gasteiger partial charge in [0.15, 0.2) is 0 Å². The van der Waals surface area contributed by atoms with E-state index in [-0.39, 0.29) is 0 Å². The van der Waals surface area contributed by atoms with Crippen LogP contribution in [-0.2, 0) is 0 Å². The molecule has 2 N–H and O–H groups in total. The number of rotatable bonds is 2. The summed E-state index contributed by atoms with van der Waals surface area (Å²) in [6.07, 6.45) is 7.02. The lowest BCUT2D eigenvalue weighted by atomic mass is 9.88. The van der Waals surface area contributed by atoms with Crippen LogP contribution in [0.25, 0.3) is 0 Å². The highest BCUT2D eigenvalue weighted by atomic mass is 15.3. The Hall–Kier alpha value is -0.120. The molecule has 1 aliphatic carbocycles. The molecule has 1 saturated carbocycles. The molecule has 0 bridgehead atoms. The maximum absolute atomic E-state index is 6.05. The van der Waals surface area contributed by atoms with E-state index in [4.69, 9.17) is 5.73 Å². The zero-order valence-electron chi connectivity index (χ0n) is 12.5. The Bertz CT molecular complexity index is 258. The zero-order chi connectivity index (χ0) is 13.2. The van der Waals surface area contributed by atoms with E-state index in [0.717, 1.165) is 19.1 Å². The van der Waals surface area contributed by atoms with Crippen LogP contribution in [0.4, 0.5) is 0 Å². The van der Waals surface area contributed by atoms with Crippen molar-refractivity contribution in [1.29, 1.82) is 0 Å². The minimum absolute atomic E-state index is 0.385. The van der Waals surface area contributed by atoms with Crippen molar-refractivity contribution in [3.8, 4) is 0 Å². The van der Waals surface area contributed by atoms with Gasteiger partial charge in [0.1, 0.15) is 0 Å². The predicted octanol–water partition coefficient (Wildman–Crippen LogP) is 1.92. The Morgan fingerprint density at radius 2 is 1.78 bits per heavy atom. The molecular formula is C15H31N3. The van der Waals surface area contributed by atoms with Crippen LogP contribution in [-0.4, -0.2) is 55.1 Å². The molecule has 0 aromatic carbocycles. The summed E-state index contributed by atoms with van der Waals surface area (Å²) in [5, 5.41) is 0. The average molecular weight is 253 g/mol. The van der Waals surface area contributed by atoms with Crippen molar-refractivity contribution in [3.63, 3.8) is 0 Å². The zero-order valence-corrected chi connectivity index (χ0v) is 12.5. The van der Waals surface area contributed by atoms with Gasteiger partial charge in [0, 0.05) is 38.3 Å². The maximum atomic E-state index is 6.05. The van der Waals surface area contributed by atoms with Crippen LogP contribution in [0.3, 0.4) is 0 Å². The topological polar surface area (TPSA) is 32.5 Å². The summed E-state index contributed by atoms with van der Waals surface area (Å²) in [5.74, 6) is 0. The Kier molecular flexibility index (Phi) is 4.68. The number of nitrogens with two attached hydrogens (primary N) is 1. The van der Waals surface area contributed by atoms with Gasteiger partial charge in [-0.25, -0.2) is 0 Å². The second-order valence-electron chi connectivity index (χ2n) is 7.21. The van der Waals surface area contributed by atoms with Gasteiger partial charge >= 0.3 is 0 Å². The second kappa shape index (κ2) is 5.89. The lowest BCUT2D eigenvalue weighted by molar-refractivity contribution is 0.0832. The summed E-state index contributed by atoms with van der Waals surface area (Å²) >= 11 is 0. The minimum Gasteiger partial charge on any atom is -0.329 e. The van der Waals surface area contributed by atoms with Crippen LogP contribution < -0.4 is 5.73 Å². The van der Waals surface area contributed by atoms with Crippen LogP contribution in [0.2, 0.25) is 0 Å². The summed E-state index contributed by atoms with van der Waals surface area (Å²) in [4.78, 5) is 5.23. The first-order chi connectivity index (χ1) is 8.52. The Labute approximate surface area is 113 Å². The van der Waals surface area contributed by atoms with Crippen LogP contribution in [0, 0.1) is 5.41 Å². The summed E-state index contributed by atoms with van der Waals surface area (Å²) in [7, 11) is 2.24. The Morgan fingerprint density at radius 1 is 1.11 bits per heavy atom. The van der Waals surface area contributed by atoms with Gasteiger partial charge in [0.25, 0.3) is 0 Å². The number of nitrogens with zero attached hydrogens (tertiary/aromatic N) is 2. The SMILES string of the molecule is CN1CC(CN)N(C2CCCCC2)CC(C)(C)C1. The van der Waals surface area contributed by atoms with Crippen molar-refractivity contribution in [3.05, 3.63) is 0 Å². The molecule has 0 radical (unpaired) electrons. The highest BCUT2D eigenvalue weighted by molar-refractivity contribution is 4.91. The Morgan fingerprint density at radius 3 is 2.39 bits per heavy atom. The van der Waals surface area contributed by atoms with Gasteiger partial charge in [-0.15, -0.1) is 0 Å². The van der Waals surface area contributed by atoms with E-state index >= 15 is 0 Å². The molecule has 2 rings (SSSR count). The molecule has 1 atom stereocenters. The summed E-state index contributed by atoms with van der Waals surface area (Å²) in [6.45, 7) is 9.14. The lowest BCUT2D eigenvalue weighted by Crippen LogP contribution is -2.51. The molecule has 1 unspecified atom stereocenters. The first-order valence-electron chi connectivity index (χ1n) is 7.66. The highest BCUT2D eigenvalue weighted by Crippen LogP contribution is 2.30. The molecule has 1 heterocycles. The molecule has 18 heavy (non-hydrogen) atoms. The molecule has 3 nitrogen and oxygen atoms in total. The average Bonchev–Trinajstić information content (AvgIpc) is 2.45. The predicted molar refractivity (Wildman–Crippen MR) is 77.7 cm³/mol. The number of likely N-dealkylation sites (N-methyl/N-ethyl adjacent to an activating group) is 1. The van der Waals surface area contributed by atoms with E-state index in [2.05, 4.69) is 30.7 Å². The monoisotopic (exact) mass is 253 g/mol. The summed E-state index contributed by atoms with van der Waals surface area (Å²) in [5.41, 5.74) is 6.44. The van der Waals surface area contributed by atoms with Gasteiger partial charge in [-0.1, -0.05) is 33.1 Å². The fourth-order valence-corrected chi connectivity index (χ4v) is 3.98. The minimum atomic E-state index is 0.385. The van der Waals surface area contributed by atoms with E-state index in [9.17, 15) is 0 Å². The molecule has 1 saturated heterocycles. The third kappa shape index (κ3) is 3.46. The first kappa shape index (κ1) is 14.3. The van der Waals surface area contributed by atoms with E-state index in [1.165, 1.54) is 45.2 Å². The molecule has 0 aromatic heterocycles. The van der Waals surface area contributed by atoms with E-state index < -0.39 is 0 Å². The number of hydrogen-bond donors (Lipinski definition) is 1. The quantitative estimate of drug-likeness (QED) is 0.816. The summed E-state index contributed by atoms with van der Waals surface area (Å²) in [6, 6.07) is 1.35. The van der Waals surface area contributed by atoms with Crippen LogP contribution in [0.5, 0.6) is 0 Å². The molecule has 0 amide bonds. The highest BCUT2D eigenvalue weighted by Gasteiger charge is 2.36. The number of hydrogen-bond acceptors (Lipinski definition) is 3. The molecule has 0 spiro atoms. The van der Waals surface area contributed by atoms with Crippen molar-refractivity contribution in [1.82, 2.24) is 9.80 Å².